The number of sulfonamides is 1. The summed E-state index contributed by atoms with van der Waals surface area (Å²) in [5.74, 6) is -1.33. The van der Waals surface area contributed by atoms with Crippen LogP contribution in [0.3, 0.4) is 0 Å². The van der Waals surface area contributed by atoms with Crippen molar-refractivity contribution in [2.75, 3.05) is 4.72 Å². The van der Waals surface area contributed by atoms with Crippen molar-refractivity contribution in [3.8, 4) is 0 Å². The molecule has 0 saturated carbocycles. The Morgan fingerprint density at radius 1 is 1.22 bits per heavy atom. The van der Waals surface area contributed by atoms with Gasteiger partial charge in [-0.3, -0.25) is 14.8 Å². The molecule has 0 heterocycles. The van der Waals surface area contributed by atoms with Crippen LogP contribution in [0.1, 0.15) is 10.4 Å². The zero-order valence-corrected chi connectivity index (χ0v) is 12.8. The molecule has 10 heteroatoms. The molecule has 0 aliphatic rings. The molecule has 0 amide bonds. The number of carboxylic acid groups (broad SMARTS) is 1. The highest BCUT2D eigenvalue weighted by molar-refractivity contribution is 7.92. The molecule has 0 unspecified atom stereocenters. The van der Waals surface area contributed by atoms with E-state index in [4.69, 9.17) is 16.7 Å². The van der Waals surface area contributed by atoms with Gasteiger partial charge < -0.3 is 5.11 Å². The average molecular weight is 357 g/mol. The van der Waals surface area contributed by atoms with E-state index in [1.807, 2.05) is 0 Å². The maximum Gasteiger partial charge on any atom is 0.337 e. The summed E-state index contributed by atoms with van der Waals surface area (Å²) in [7, 11) is -4.27. The van der Waals surface area contributed by atoms with Crippen molar-refractivity contribution in [1.82, 2.24) is 0 Å². The number of carbonyl (C=O) groups is 1. The molecule has 0 saturated heterocycles. The summed E-state index contributed by atoms with van der Waals surface area (Å²) in [4.78, 5) is 20.6. The zero-order chi connectivity index (χ0) is 17.2. The minimum Gasteiger partial charge on any atom is -0.478 e. The number of anilines is 1. The van der Waals surface area contributed by atoms with E-state index in [-0.39, 0.29) is 16.3 Å². The minimum absolute atomic E-state index is 0.0638. The molecule has 2 aromatic carbocycles. The Kier molecular flexibility index (Phi) is 4.52. The van der Waals surface area contributed by atoms with Gasteiger partial charge in [0.2, 0.25) is 0 Å². The smallest absolute Gasteiger partial charge is 0.337 e. The van der Waals surface area contributed by atoms with Gasteiger partial charge in [0.1, 0.15) is 0 Å². The van der Waals surface area contributed by atoms with E-state index < -0.39 is 31.5 Å². The topological polar surface area (TPSA) is 127 Å². The summed E-state index contributed by atoms with van der Waals surface area (Å²) < 4.78 is 26.7. The summed E-state index contributed by atoms with van der Waals surface area (Å²) in [5.41, 5.74) is -0.966. The lowest BCUT2D eigenvalue weighted by Gasteiger charge is -2.09. The van der Waals surface area contributed by atoms with Crippen LogP contribution >= 0.6 is 11.6 Å². The number of halogens is 1. The highest BCUT2D eigenvalue weighted by atomic mass is 35.5. The summed E-state index contributed by atoms with van der Waals surface area (Å²) >= 11 is 5.70. The Hall–Kier alpha value is -2.65. The average Bonchev–Trinajstić information content (AvgIpc) is 2.48. The first-order chi connectivity index (χ1) is 10.7. The molecule has 0 radical (unpaired) electrons. The molecule has 8 nitrogen and oxygen atoms in total. The Morgan fingerprint density at radius 3 is 2.48 bits per heavy atom. The van der Waals surface area contributed by atoms with E-state index in [1.165, 1.54) is 24.3 Å². The molecule has 0 fully saturated rings. The fraction of sp³-hybridized carbons (Fsp3) is 0. The lowest BCUT2D eigenvalue weighted by Crippen LogP contribution is -2.15. The molecule has 0 spiro atoms. The zero-order valence-electron chi connectivity index (χ0n) is 11.3. The Labute approximate surface area is 135 Å². The number of para-hydroxylation sites is 1. The van der Waals surface area contributed by atoms with E-state index >= 15 is 0 Å². The van der Waals surface area contributed by atoms with Crippen LogP contribution < -0.4 is 4.72 Å². The quantitative estimate of drug-likeness (QED) is 0.626. The Bertz CT molecular complexity index is 897. The first-order valence-electron chi connectivity index (χ1n) is 6.01. The fourth-order valence-corrected chi connectivity index (χ4v) is 3.22. The minimum atomic E-state index is -4.27. The third kappa shape index (κ3) is 3.58. The molecule has 0 aromatic heterocycles. The third-order valence-electron chi connectivity index (χ3n) is 2.80. The third-order valence-corrected chi connectivity index (χ3v) is 4.56. The molecular weight excluding hydrogens is 348 g/mol. The molecule has 2 aromatic rings. The van der Waals surface area contributed by atoms with Gasteiger partial charge in [-0.25, -0.2) is 13.2 Å². The summed E-state index contributed by atoms with van der Waals surface area (Å²) in [6.07, 6.45) is 0. The first-order valence-corrected chi connectivity index (χ1v) is 7.87. The molecule has 2 N–H and O–H groups in total. The summed E-state index contributed by atoms with van der Waals surface area (Å²) in [6, 6.07) is 8.29. The number of aromatic carboxylic acids is 1. The van der Waals surface area contributed by atoms with Crippen LogP contribution in [0.15, 0.2) is 47.4 Å². The maximum absolute atomic E-state index is 12.3. The number of hydrogen-bond acceptors (Lipinski definition) is 5. The van der Waals surface area contributed by atoms with Gasteiger partial charge in [-0.05, 0) is 24.3 Å². The van der Waals surface area contributed by atoms with Gasteiger partial charge in [0.15, 0.2) is 4.90 Å². The molecule has 0 bridgehead atoms. The Balaban J connectivity index is 2.46. The number of nitro groups is 1. The second-order valence-electron chi connectivity index (χ2n) is 4.33. The van der Waals surface area contributed by atoms with Crippen molar-refractivity contribution in [2.45, 2.75) is 4.90 Å². The van der Waals surface area contributed by atoms with Gasteiger partial charge in [-0.1, -0.05) is 23.7 Å². The van der Waals surface area contributed by atoms with E-state index in [2.05, 4.69) is 4.72 Å². The van der Waals surface area contributed by atoms with E-state index in [9.17, 15) is 23.3 Å². The van der Waals surface area contributed by atoms with Crippen molar-refractivity contribution < 1.29 is 23.2 Å². The van der Waals surface area contributed by atoms with E-state index in [0.29, 0.717) is 0 Å². The number of nitrogens with zero attached hydrogens (tertiary/aromatic N) is 1. The van der Waals surface area contributed by atoms with Crippen LogP contribution in [0.4, 0.5) is 11.4 Å². The van der Waals surface area contributed by atoms with Gasteiger partial charge in [0.25, 0.3) is 15.7 Å². The van der Waals surface area contributed by atoms with Crippen LogP contribution in [0, 0.1) is 10.1 Å². The Morgan fingerprint density at radius 2 is 1.87 bits per heavy atom. The lowest BCUT2D eigenvalue weighted by molar-refractivity contribution is -0.387. The van der Waals surface area contributed by atoms with Crippen LogP contribution in [-0.2, 0) is 10.0 Å². The van der Waals surface area contributed by atoms with E-state index in [1.54, 1.807) is 0 Å². The lowest BCUT2D eigenvalue weighted by atomic mass is 10.2. The van der Waals surface area contributed by atoms with Gasteiger partial charge in [0.05, 0.1) is 15.5 Å². The van der Waals surface area contributed by atoms with Gasteiger partial charge in [-0.15, -0.1) is 0 Å². The molecule has 0 aliphatic carbocycles. The van der Waals surface area contributed by atoms with Crippen LogP contribution in [-0.4, -0.2) is 24.4 Å². The number of hydrogen-bond donors (Lipinski definition) is 2. The monoisotopic (exact) mass is 356 g/mol. The predicted molar refractivity (Wildman–Crippen MR) is 82.3 cm³/mol. The molecule has 120 valence electrons. The van der Waals surface area contributed by atoms with Gasteiger partial charge in [-0.2, -0.15) is 0 Å². The van der Waals surface area contributed by atoms with Crippen molar-refractivity contribution in [2.24, 2.45) is 0 Å². The summed E-state index contributed by atoms with van der Waals surface area (Å²) in [6.45, 7) is 0. The maximum atomic E-state index is 12.3. The van der Waals surface area contributed by atoms with E-state index in [0.717, 1.165) is 18.2 Å². The number of benzene rings is 2. The largest absolute Gasteiger partial charge is 0.478 e. The second kappa shape index (κ2) is 6.23. The SMILES string of the molecule is O=C(O)c1cc(NS(=O)(=O)c2ccccc2[N+](=O)[O-])ccc1Cl. The van der Waals surface area contributed by atoms with Crippen molar-refractivity contribution in [1.29, 1.82) is 0 Å². The first kappa shape index (κ1) is 16.7. The number of nitro benzene ring substituents is 1. The molecular formula is C13H9ClN2O6S. The molecule has 0 aliphatic heterocycles. The standard InChI is InChI=1S/C13H9ClN2O6S/c14-10-6-5-8(7-9(10)13(17)18)15-23(21,22)12-4-2-1-3-11(12)16(19)20/h1-7,15H,(H,17,18). The predicted octanol–water partition coefficient (Wildman–Crippen LogP) is 2.75. The van der Waals surface area contributed by atoms with Gasteiger partial charge in [0, 0.05) is 11.8 Å². The van der Waals surface area contributed by atoms with Crippen molar-refractivity contribution in [3.63, 3.8) is 0 Å². The number of carboxylic acids is 1. The second-order valence-corrected chi connectivity index (χ2v) is 6.39. The number of rotatable bonds is 5. The summed E-state index contributed by atoms with van der Waals surface area (Å²) in [5, 5.41) is 19.8. The molecule has 0 atom stereocenters. The van der Waals surface area contributed by atoms with Crippen molar-refractivity contribution >= 4 is 39.0 Å². The fourth-order valence-electron chi connectivity index (χ4n) is 1.80. The number of nitrogens with one attached hydrogen (secondary N) is 1. The van der Waals surface area contributed by atoms with Crippen LogP contribution in [0.25, 0.3) is 0 Å². The molecule has 2 rings (SSSR count). The normalized spacial score (nSPS) is 11.0. The highest BCUT2D eigenvalue weighted by Gasteiger charge is 2.25. The van der Waals surface area contributed by atoms with Crippen LogP contribution in [0.5, 0.6) is 0 Å². The van der Waals surface area contributed by atoms with Gasteiger partial charge >= 0.3 is 5.97 Å². The highest BCUT2D eigenvalue weighted by Crippen LogP contribution is 2.27. The van der Waals surface area contributed by atoms with Crippen molar-refractivity contribution in [3.05, 3.63) is 63.2 Å². The molecule has 23 heavy (non-hydrogen) atoms. The van der Waals surface area contributed by atoms with Crippen LogP contribution in [0.2, 0.25) is 5.02 Å².